The van der Waals surface area contributed by atoms with E-state index in [4.69, 9.17) is 0 Å². The lowest BCUT2D eigenvalue weighted by Gasteiger charge is -2.01. The molecule has 2 aromatic carbocycles. The molecule has 2 nitrogen and oxygen atoms in total. The predicted molar refractivity (Wildman–Crippen MR) is 81.8 cm³/mol. The van der Waals surface area contributed by atoms with Crippen molar-refractivity contribution in [3.05, 3.63) is 63.3 Å². The van der Waals surface area contributed by atoms with Crippen LogP contribution in [0.2, 0.25) is 0 Å². The number of fused-ring (bicyclic) bond motifs is 1. The molecule has 0 radical (unpaired) electrons. The van der Waals surface area contributed by atoms with Crippen LogP contribution in [0.15, 0.2) is 46.9 Å². The Balaban J connectivity index is 1.88. The SMILES string of the molecule is O=C(Cc1nc2ccccc2s1)c1ccc(Br)cc1F. The van der Waals surface area contributed by atoms with Crippen LogP contribution in [-0.4, -0.2) is 10.8 Å². The Morgan fingerprint density at radius 1 is 1.25 bits per heavy atom. The number of hydrogen-bond acceptors (Lipinski definition) is 3. The van der Waals surface area contributed by atoms with E-state index >= 15 is 0 Å². The Morgan fingerprint density at radius 2 is 2.05 bits per heavy atom. The molecule has 0 saturated carbocycles. The highest BCUT2D eigenvalue weighted by molar-refractivity contribution is 9.10. The summed E-state index contributed by atoms with van der Waals surface area (Å²) in [4.78, 5) is 16.5. The maximum Gasteiger partial charge on any atom is 0.172 e. The van der Waals surface area contributed by atoms with Gasteiger partial charge in [-0.3, -0.25) is 4.79 Å². The standard InChI is InChI=1S/C15H9BrFNOS/c16-9-5-6-10(11(17)7-9)13(19)8-15-18-12-3-1-2-4-14(12)20-15/h1-7H,8H2. The number of ketones is 1. The molecule has 0 N–H and O–H groups in total. The number of Topliss-reactive ketones (excluding diaryl/α,β-unsaturated/α-hetero) is 1. The quantitative estimate of drug-likeness (QED) is 0.645. The van der Waals surface area contributed by atoms with E-state index in [0.29, 0.717) is 9.48 Å². The Hall–Kier alpha value is -1.59. The van der Waals surface area contributed by atoms with Crippen molar-refractivity contribution in [3.63, 3.8) is 0 Å². The molecule has 1 heterocycles. The van der Waals surface area contributed by atoms with Gasteiger partial charge in [0.05, 0.1) is 22.2 Å². The minimum absolute atomic E-state index is 0.104. The first kappa shape index (κ1) is 13.4. The average Bonchev–Trinajstić information content (AvgIpc) is 2.80. The zero-order chi connectivity index (χ0) is 14.1. The Bertz CT molecular complexity index is 766. The van der Waals surface area contributed by atoms with Gasteiger partial charge < -0.3 is 0 Å². The van der Waals surface area contributed by atoms with Gasteiger partial charge in [0.25, 0.3) is 0 Å². The van der Waals surface area contributed by atoms with Crippen molar-refractivity contribution in [2.24, 2.45) is 0 Å². The van der Waals surface area contributed by atoms with E-state index in [1.54, 1.807) is 6.07 Å². The summed E-state index contributed by atoms with van der Waals surface area (Å²) in [6.45, 7) is 0. The maximum atomic E-state index is 13.7. The first-order valence-electron chi connectivity index (χ1n) is 5.96. The molecule has 0 aliphatic heterocycles. The Labute approximate surface area is 127 Å². The lowest BCUT2D eigenvalue weighted by molar-refractivity contribution is 0.0989. The molecule has 0 amide bonds. The van der Waals surface area contributed by atoms with E-state index in [1.807, 2.05) is 24.3 Å². The molecular weight excluding hydrogens is 341 g/mol. The number of aromatic nitrogens is 1. The summed E-state index contributed by atoms with van der Waals surface area (Å²) in [7, 11) is 0. The van der Waals surface area contributed by atoms with E-state index in [2.05, 4.69) is 20.9 Å². The summed E-state index contributed by atoms with van der Waals surface area (Å²) < 4.78 is 15.4. The molecule has 100 valence electrons. The number of carbonyl (C=O) groups is 1. The van der Waals surface area contributed by atoms with E-state index in [9.17, 15) is 9.18 Å². The Morgan fingerprint density at radius 3 is 2.80 bits per heavy atom. The highest BCUT2D eigenvalue weighted by Gasteiger charge is 2.15. The molecule has 0 unspecified atom stereocenters. The summed E-state index contributed by atoms with van der Waals surface area (Å²) in [6.07, 6.45) is 0.123. The first-order valence-corrected chi connectivity index (χ1v) is 7.57. The largest absolute Gasteiger partial charge is 0.294 e. The van der Waals surface area contributed by atoms with Crippen molar-refractivity contribution in [3.8, 4) is 0 Å². The fourth-order valence-corrected chi connectivity index (χ4v) is 3.24. The molecule has 1 aromatic heterocycles. The van der Waals surface area contributed by atoms with Crippen molar-refractivity contribution in [1.82, 2.24) is 4.98 Å². The topological polar surface area (TPSA) is 30.0 Å². The molecule has 0 bridgehead atoms. The highest BCUT2D eigenvalue weighted by atomic mass is 79.9. The number of hydrogen-bond donors (Lipinski definition) is 0. The number of benzene rings is 2. The third-order valence-corrected chi connectivity index (χ3v) is 4.41. The van der Waals surface area contributed by atoms with Crippen LogP contribution in [0.5, 0.6) is 0 Å². The van der Waals surface area contributed by atoms with Gasteiger partial charge in [-0.15, -0.1) is 11.3 Å². The zero-order valence-electron chi connectivity index (χ0n) is 10.3. The fourth-order valence-electron chi connectivity index (χ4n) is 1.94. The molecule has 3 aromatic rings. The zero-order valence-corrected chi connectivity index (χ0v) is 12.7. The normalized spacial score (nSPS) is 10.9. The average molecular weight is 350 g/mol. The fraction of sp³-hybridized carbons (Fsp3) is 0.0667. The lowest BCUT2D eigenvalue weighted by Crippen LogP contribution is -2.05. The second-order valence-corrected chi connectivity index (χ2v) is 6.33. The number of nitrogens with zero attached hydrogens (tertiary/aromatic N) is 1. The number of thiazole rings is 1. The third kappa shape index (κ3) is 2.64. The molecule has 3 rings (SSSR count). The maximum absolute atomic E-state index is 13.7. The van der Waals surface area contributed by atoms with Gasteiger partial charge in [0.1, 0.15) is 10.8 Å². The van der Waals surface area contributed by atoms with Crippen molar-refractivity contribution in [2.75, 3.05) is 0 Å². The van der Waals surface area contributed by atoms with Crippen molar-refractivity contribution < 1.29 is 9.18 Å². The molecular formula is C15H9BrFNOS. The number of rotatable bonds is 3. The van der Waals surface area contributed by atoms with Crippen LogP contribution in [0.1, 0.15) is 15.4 Å². The summed E-state index contributed by atoms with van der Waals surface area (Å²) in [5, 5.41) is 0.707. The molecule has 0 aliphatic carbocycles. The van der Waals surface area contributed by atoms with Crippen molar-refractivity contribution >= 4 is 43.3 Å². The summed E-state index contributed by atoms with van der Waals surface area (Å²) in [5.41, 5.74) is 0.976. The summed E-state index contributed by atoms with van der Waals surface area (Å²) in [5.74, 6) is -0.764. The molecule has 0 saturated heterocycles. The van der Waals surface area contributed by atoms with Crippen LogP contribution in [0.3, 0.4) is 0 Å². The molecule has 0 fully saturated rings. The first-order chi connectivity index (χ1) is 9.63. The van der Waals surface area contributed by atoms with Gasteiger partial charge in [-0.25, -0.2) is 9.37 Å². The molecule has 20 heavy (non-hydrogen) atoms. The third-order valence-electron chi connectivity index (χ3n) is 2.88. The Kier molecular flexibility index (Phi) is 3.63. The van der Waals surface area contributed by atoms with Gasteiger partial charge in [0.15, 0.2) is 5.78 Å². The minimum atomic E-state index is -0.509. The second-order valence-electron chi connectivity index (χ2n) is 4.30. The van der Waals surface area contributed by atoms with Crippen LogP contribution in [0, 0.1) is 5.82 Å². The molecule has 0 aliphatic rings. The number of para-hydroxylation sites is 1. The van der Waals surface area contributed by atoms with Gasteiger partial charge in [0.2, 0.25) is 0 Å². The highest BCUT2D eigenvalue weighted by Crippen LogP contribution is 2.23. The predicted octanol–water partition coefficient (Wildman–Crippen LogP) is 4.62. The number of halogens is 2. The van der Waals surface area contributed by atoms with E-state index in [-0.39, 0.29) is 17.8 Å². The molecule has 0 atom stereocenters. The van der Waals surface area contributed by atoms with Crippen LogP contribution in [-0.2, 0) is 6.42 Å². The van der Waals surface area contributed by atoms with Crippen LogP contribution in [0.4, 0.5) is 4.39 Å². The molecule has 5 heteroatoms. The van der Waals surface area contributed by atoms with Crippen LogP contribution < -0.4 is 0 Å². The van der Waals surface area contributed by atoms with Gasteiger partial charge in [-0.1, -0.05) is 28.1 Å². The van der Waals surface area contributed by atoms with Crippen molar-refractivity contribution in [1.29, 1.82) is 0 Å². The smallest absolute Gasteiger partial charge is 0.172 e. The van der Waals surface area contributed by atoms with E-state index in [1.165, 1.54) is 23.5 Å². The molecule has 0 spiro atoms. The summed E-state index contributed by atoms with van der Waals surface area (Å²) in [6, 6.07) is 12.2. The van der Waals surface area contributed by atoms with Gasteiger partial charge >= 0.3 is 0 Å². The van der Waals surface area contributed by atoms with Gasteiger partial charge in [0, 0.05) is 4.47 Å². The lowest BCUT2D eigenvalue weighted by atomic mass is 10.1. The second kappa shape index (κ2) is 5.42. The van der Waals surface area contributed by atoms with E-state index < -0.39 is 5.82 Å². The van der Waals surface area contributed by atoms with Crippen molar-refractivity contribution in [2.45, 2.75) is 6.42 Å². The van der Waals surface area contributed by atoms with Gasteiger partial charge in [-0.2, -0.15) is 0 Å². The van der Waals surface area contributed by atoms with Gasteiger partial charge in [-0.05, 0) is 30.3 Å². The minimum Gasteiger partial charge on any atom is -0.294 e. The summed E-state index contributed by atoms with van der Waals surface area (Å²) >= 11 is 4.64. The van der Waals surface area contributed by atoms with Crippen LogP contribution in [0.25, 0.3) is 10.2 Å². The monoisotopic (exact) mass is 349 g/mol. The number of carbonyl (C=O) groups excluding carboxylic acids is 1. The van der Waals surface area contributed by atoms with E-state index in [0.717, 1.165) is 10.2 Å². The van der Waals surface area contributed by atoms with Crippen LogP contribution >= 0.6 is 27.3 Å².